The average molecular weight is 328 g/mol. The lowest BCUT2D eigenvalue weighted by Gasteiger charge is -2.07. The third-order valence-electron chi connectivity index (χ3n) is 2.34. The Hall–Kier alpha value is -1.47. The van der Waals surface area contributed by atoms with E-state index in [1.807, 2.05) is 5.38 Å². The van der Waals surface area contributed by atoms with Crippen LogP contribution >= 0.6 is 27.3 Å². The van der Waals surface area contributed by atoms with Gasteiger partial charge in [0.2, 0.25) is 0 Å². The van der Waals surface area contributed by atoms with Gasteiger partial charge in [-0.25, -0.2) is 4.98 Å². The third kappa shape index (κ3) is 3.27. The molecule has 0 bridgehead atoms. The van der Waals surface area contributed by atoms with Crippen LogP contribution in [0.15, 0.2) is 33.6 Å². The lowest BCUT2D eigenvalue weighted by Crippen LogP contribution is -2.05. The Kier molecular flexibility index (Phi) is 4.27. The van der Waals surface area contributed by atoms with Gasteiger partial charge in [-0.3, -0.25) is 10.1 Å². The second-order valence-electron chi connectivity index (χ2n) is 3.58. The van der Waals surface area contributed by atoms with E-state index in [1.165, 1.54) is 12.1 Å². The van der Waals surface area contributed by atoms with Crippen molar-refractivity contribution in [2.45, 2.75) is 6.42 Å². The summed E-state index contributed by atoms with van der Waals surface area (Å²) in [6.45, 7) is 0.736. The molecular weight excluding hydrogens is 318 g/mol. The van der Waals surface area contributed by atoms with Crippen LogP contribution in [0.1, 0.15) is 5.69 Å². The summed E-state index contributed by atoms with van der Waals surface area (Å²) in [7, 11) is 0. The van der Waals surface area contributed by atoms with E-state index in [9.17, 15) is 10.1 Å². The van der Waals surface area contributed by atoms with E-state index in [0.29, 0.717) is 4.47 Å². The fraction of sp³-hybridized carbons (Fsp3) is 0.182. The second kappa shape index (κ2) is 5.92. The summed E-state index contributed by atoms with van der Waals surface area (Å²) in [5.74, 6) is 0. The molecule has 0 aliphatic carbocycles. The number of aromatic nitrogens is 1. The number of halogens is 1. The first kappa shape index (κ1) is 13.0. The van der Waals surface area contributed by atoms with Crippen LogP contribution in [0.2, 0.25) is 0 Å². The van der Waals surface area contributed by atoms with Gasteiger partial charge in [-0.05, 0) is 22.0 Å². The van der Waals surface area contributed by atoms with Gasteiger partial charge < -0.3 is 5.32 Å². The molecule has 0 aliphatic rings. The molecule has 7 heteroatoms. The highest BCUT2D eigenvalue weighted by molar-refractivity contribution is 9.10. The third-order valence-corrected chi connectivity index (χ3v) is 3.63. The van der Waals surface area contributed by atoms with Crippen LogP contribution in [0.5, 0.6) is 0 Å². The van der Waals surface area contributed by atoms with E-state index < -0.39 is 4.92 Å². The fourth-order valence-corrected chi connectivity index (χ4v) is 2.55. The van der Waals surface area contributed by atoms with Crippen LogP contribution < -0.4 is 5.32 Å². The van der Waals surface area contributed by atoms with Crippen molar-refractivity contribution in [3.8, 4) is 0 Å². The molecule has 0 saturated heterocycles. The molecule has 0 fully saturated rings. The number of nitrogens with zero attached hydrogens (tertiary/aromatic N) is 2. The SMILES string of the molecule is O=[N+]([O-])c1ccc(NCCc2cscn2)c(Br)c1. The minimum Gasteiger partial charge on any atom is -0.384 e. The molecule has 0 amide bonds. The van der Waals surface area contributed by atoms with Crippen molar-refractivity contribution in [2.24, 2.45) is 0 Å². The standard InChI is InChI=1S/C11H10BrN3O2S/c12-10-5-9(15(16)17)1-2-11(10)13-4-3-8-6-18-7-14-8/h1-2,5-7,13H,3-4H2. The van der Waals surface area contributed by atoms with Gasteiger partial charge in [-0.1, -0.05) is 0 Å². The molecule has 1 aromatic carbocycles. The summed E-state index contributed by atoms with van der Waals surface area (Å²) < 4.78 is 0.690. The van der Waals surface area contributed by atoms with E-state index >= 15 is 0 Å². The molecule has 18 heavy (non-hydrogen) atoms. The Morgan fingerprint density at radius 2 is 2.33 bits per heavy atom. The molecule has 1 aromatic heterocycles. The largest absolute Gasteiger partial charge is 0.384 e. The first-order valence-corrected chi connectivity index (χ1v) is 6.95. The van der Waals surface area contributed by atoms with Crippen molar-refractivity contribution in [3.63, 3.8) is 0 Å². The average Bonchev–Trinajstić information content (AvgIpc) is 2.84. The Balaban J connectivity index is 1.95. The van der Waals surface area contributed by atoms with Gasteiger partial charge in [0.1, 0.15) is 0 Å². The van der Waals surface area contributed by atoms with Gasteiger partial charge in [-0.2, -0.15) is 0 Å². The van der Waals surface area contributed by atoms with Crippen molar-refractivity contribution < 1.29 is 4.92 Å². The topological polar surface area (TPSA) is 68.1 Å². The highest BCUT2D eigenvalue weighted by atomic mass is 79.9. The number of thiazole rings is 1. The van der Waals surface area contributed by atoms with E-state index in [2.05, 4.69) is 26.2 Å². The Morgan fingerprint density at radius 3 is 2.94 bits per heavy atom. The predicted molar refractivity (Wildman–Crippen MR) is 75.1 cm³/mol. The second-order valence-corrected chi connectivity index (χ2v) is 5.15. The van der Waals surface area contributed by atoms with Gasteiger partial charge in [0, 0.05) is 40.6 Å². The molecule has 5 nitrogen and oxygen atoms in total. The van der Waals surface area contributed by atoms with E-state index in [4.69, 9.17) is 0 Å². The van der Waals surface area contributed by atoms with Crippen LogP contribution in [0.25, 0.3) is 0 Å². The molecule has 1 N–H and O–H groups in total. The van der Waals surface area contributed by atoms with Crippen molar-refractivity contribution >= 4 is 38.6 Å². The first-order valence-electron chi connectivity index (χ1n) is 5.21. The van der Waals surface area contributed by atoms with Crippen molar-refractivity contribution in [1.29, 1.82) is 0 Å². The smallest absolute Gasteiger partial charge is 0.270 e. The van der Waals surface area contributed by atoms with Gasteiger partial charge in [-0.15, -0.1) is 11.3 Å². The van der Waals surface area contributed by atoms with Crippen LogP contribution in [0.4, 0.5) is 11.4 Å². The number of nitro groups is 1. The monoisotopic (exact) mass is 327 g/mol. The normalized spacial score (nSPS) is 10.3. The van der Waals surface area contributed by atoms with E-state index in [1.54, 1.807) is 22.9 Å². The number of anilines is 1. The molecule has 0 aliphatic heterocycles. The zero-order valence-electron chi connectivity index (χ0n) is 9.30. The minimum absolute atomic E-state index is 0.0759. The lowest BCUT2D eigenvalue weighted by molar-refractivity contribution is -0.384. The lowest BCUT2D eigenvalue weighted by atomic mass is 10.2. The van der Waals surface area contributed by atoms with Gasteiger partial charge >= 0.3 is 0 Å². The summed E-state index contributed by atoms with van der Waals surface area (Å²) in [6, 6.07) is 4.67. The van der Waals surface area contributed by atoms with Crippen LogP contribution in [0.3, 0.4) is 0 Å². The van der Waals surface area contributed by atoms with Crippen LogP contribution in [-0.4, -0.2) is 16.5 Å². The number of hydrogen-bond donors (Lipinski definition) is 1. The van der Waals surface area contributed by atoms with Crippen molar-refractivity contribution in [1.82, 2.24) is 4.98 Å². The molecular formula is C11H10BrN3O2S. The molecule has 0 unspecified atom stereocenters. The number of nitro benzene ring substituents is 1. The number of benzene rings is 1. The van der Waals surface area contributed by atoms with Crippen LogP contribution in [0, 0.1) is 10.1 Å². The molecule has 0 atom stereocenters. The number of nitrogens with one attached hydrogen (secondary N) is 1. The summed E-state index contributed by atoms with van der Waals surface area (Å²) in [5.41, 5.74) is 3.77. The summed E-state index contributed by atoms with van der Waals surface area (Å²) in [4.78, 5) is 14.4. The maximum absolute atomic E-state index is 10.6. The van der Waals surface area contributed by atoms with Gasteiger partial charge in [0.15, 0.2) is 0 Å². The fourth-order valence-electron chi connectivity index (χ4n) is 1.45. The van der Waals surface area contributed by atoms with E-state index in [0.717, 1.165) is 24.3 Å². The number of rotatable bonds is 5. The Labute approximate surface area is 116 Å². The highest BCUT2D eigenvalue weighted by Crippen LogP contribution is 2.26. The van der Waals surface area contributed by atoms with Crippen molar-refractivity contribution in [3.05, 3.63) is 49.4 Å². The quantitative estimate of drug-likeness (QED) is 0.674. The van der Waals surface area contributed by atoms with Gasteiger partial charge in [0.05, 0.1) is 16.1 Å². The van der Waals surface area contributed by atoms with Gasteiger partial charge in [0.25, 0.3) is 5.69 Å². The predicted octanol–water partition coefficient (Wildman–Crippen LogP) is 3.47. The molecule has 0 spiro atoms. The molecule has 1 heterocycles. The number of non-ortho nitro benzene ring substituents is 1. The van der Waals surface area contributed by atoms with Crippen molar-refractivity contribution in [2.75, 3.05) is 11.9 Å². The summed E-state index contributed by atoms with van der Waals surface area (Å²) in [6.07, 6.45) is 0.826. The zero-order valence-corrected chi connectivity index (χ0v) is 11.7. The minimum atomic E-state index is -0.413. The molecule has 0 saturated carbocycles. The molecule has 0 radical (unpaired) electrons. The molecule has 2 aromatic rings. The maximum Gasteiger partial charge on any atom is 0.270 e. The molecule has 94 valence electrons. The van der Waals surface area contributed by atoms with E-state index in [-0.39, 0.29) is 5.69 Å². The summed E-state index contributed by atoms with van der Waals surface area (Å²) in [5, 5.41) is 15.8. The number of hydrogen-bond acceptors (Lipinski definition) is 5. The van der Waals surface area contributed by atoms with Crippen LogP contribution in [-0.2, 0) is 6.42 Å². The highest BCUT2D eigenvalue weighted by Gasteiger charge is 2.08. The maximum atomic E-state index is 10.6. The zero-order chi connectivity index (χ0) is 13.0. The Bertz CT molecular complexity index is 545. The first-order chi connectivity index (χ1) is 8.66. The Morgan fingerprint density at radius 1 is 1.50 bits per heavy atom. The molecule has 2 rings (SSSR count). The summed E-state index contributed by atoms with van der Waals surface area (Å²) >= 11 is 4.88.